The third kappa shape index (κ3) is 3.01. The molecule has 0 bridgehead atoms. The van der Waals surface area contributed by atoms with Gasteiger partial charge in [-0.25, -0.2) is 8.78 Å². The fraction of sp³-hybridized carbons (Fsp3) is 0. The van der Waals surface area contributed by atoms with Crippen molar-refractivity contribution in [2.24, 2.45) is 0 Å². The van der Waals surface area contributed by atoms with Crippen LogP contribution in [-0.2, 0) is 0 Å². The van der Waals surface area contributed by atoms with Gasteiger partial charge in [0, 0.05) is 17.3 Å². The van der Waals surface area contributed by atoms with Gasteiger partial charge >= 0.3 is 0 Å². The summed E-state index contributed by atoms with van der Waals surface area (Å²) in [6, 6.07) is 12.4. The topological polar surface area (TPSA) is 55.1 Å². The van der Waals surface area contributed by atoms with Crippen LogP contribution in [0.5, 0.6) is 0 Å². The summed E-state index contributed by atoms with van der Waals surface area (Å²) in [6.45, 7) is 0. The standard InChI is InChI=1S/C16H10F2N2O2/c17-11-3-1-10(2-4-11)15-9-14(20-22-15)16(21)19-13-7-5-12(18)6-8-13/h1-9H,(H,19,21). The number of nitrogens with zero attached hydrogens (tertiary/aromatic N) is 1. The van der Waals surface area contributed by atoms with Crippen molar-refractivity contribution < 1.29 is 18.1 Å². The van der Waals surface area contributed by atoms with E-state index in [1.165, 1.54) is 54.6 Å². The molecule has 110 valence electrons. The van der Waals surface area contributed by atoms with Crippen molar-refractivity contribution in [1.82, 2.24) is 5.16 Å². The van der Waals surface area contributed by atoms with Gasteiger partial charge in [0.05, 0.1) is 0 Å². The summed E-state index contributed by atoms with van der Waals surface area (Å²) in [5.41, 5.74) is 1.12. The van der Waals surface area contributed by atoms with Crippen LogP contribution in [0.25, 0.3) is 11.3 Å². The highest BCUT2D eigenvalue weighted by Crippen LogP contribution is 2.21. The Balaban J connectivity index is 1.76. The Morgan fingerprint density at radius 2 is 1.55 bits per heavy atom. The van der Waals surface area contributed by atoms with Crippen LogP contribution < -0.4 is 5.32 Å². The summed E-state index contributed by atoms with van der Waals surface area (Å²) in [6.07, 6.45) is 0. The lowest BCUT2D eigenvalue weighted by molar-refractivity contribution is 0.101. The maximum absolute atomic E-state index is 12.9. The van der Waals surface area contributed by atoms with Crippen LogP contribution in [0, 0.1) is 11.6 Å². The molecule has 4 nitrogen and oxygen atoms in total. The number of carbonyl (C=O) groups is 1. The second kappa shape index (κ2) is 5.77. The molecule has 1 heterocycles. The zero-order valence-corrected chi connectivity index (χ0v) is 11.2. The van der Waals surface area contributed by atoms with Gasteiger partial charge in [-0.2, -0.15) is 0 Å². The first-order valence-corrected chi connectivity index (χ1v) is 6.41. The van der Waals surface area contributed by atoms with Gasteiger partial charge in [0.1, 0.15) is 11.6 Å². The van der Waals surface area contributed by atoms with Crippen molar-refractivity contribution in [1.29, 1.82) is 0 Å². The molecule has 0 aliphatic heterocycles. The van der Waals surface area contributed by atoms with Crippen molar-refractivity contribution in [2.75, 3.05) is 5.32 Å². The Morgan fingerprint density at radius 3 is 2.18 bits per heavy atom. The largest absolute Gasteiger partial charge is 0.355 e. The third-order valence-electron chi connectivity index (χ3n) is 2.97. The second-order valence-electron chi connectivity index (χ2n) is 4.54. The molecule has 0 radical (unpaired) electrons. The molecular weight excluding hydrogens is 290 g/mol. The van der Waals surface area contributed by atoms with Crippen molar-refractivity contribution >= 4 is 11.6 Å². The maximum atomic E-state index is 12.9. The van der Waals surface area contributed by atoms with E-state index < -0.39 is 11.7 Å². The molecule has 1 amide bonds. The molecule has 0 saturated carbocycles. The predicted molar refractivity (Wildman–Crippen MR) is 76.3 cm³/mol. The summed E-state index contributed by atoms with van der Waals surface area (Å²) in [5.74, 6) is -0.886. The average molecular weight is 300 g/mol. The molecule has 22 heavy (non-hydrogen) atoms. The number of anilines is 1. The van der Waals surface area contributed by atoms with Crippen molar-refractivity contribution in [3.8, 4) is 11.3 Å². The lowest BCUT2D eigenvalue weighted by atomic mass is 10.1. The molecule has 3 aromatic rings. The molecule has 0 aliphatic rings. The summed E-state index contributed by atoms with van der Waals surface area (Å²) < 4.78 is 30.7. The first-order valence-electron chi connectivity index (χ1n) is 6.41. The number of halogens is 2. The lowest BCUT2D eigenvalue weighted by Gasteiger charge is -2.01. The molecule has 6 heteroatoms. The molecule has 3 rings (SSSR count). The molecular formula is C16H10F2N2O2. The van der Waals surface area contributed by atoms with Crippen LogP contribution in [0.15, 0.2) is 59.1 Å². The first kappa shape index (κ1) is 13.9. The van der Waals surface area contributed by atoms with Crippen LogP contribution in [0.1, 0.15) is 10.5 Å². The van der Waals surface area contributed by atoms with Gasteiger partial charge in [0.25, 0.3) is 5.91 Å². The van der Waals surface area contributed by atoms with E-state index in [4.69, 9.17) is 4.52 Å². The molecule has 0 unspecified atom stereocenters. The minimum absolute atomic E-state index is 0.0728. The Bertz CT molecular complexity index is 796. The minimum atomic E-state index is -0.483. The SMILES string of the molecule is O=C(Nc1ccc(F)cc1)c1cc(-c2ccc(F)cc2)on1. The summed E-state index contributed by atoms with van der Waals surface area (Å²) in [4.78, 5) is 12.0. The number of amides is 1. The number of aromatic nitrogens is 1. The molecule has 1 N–H and O–H groups in total. The number of nitrogens with one attached hydrogen (secondary N) is 1. The van der Waals surface area contributed by atoms with E-state index in [1.807, 2.05) is 0 Å². The van der Waals surface area contributed by atoms with Crippen molar-refractivity contribution in [3.63, 3.8) is 0 Å². The van der Waals surface area contributed by atoms with Gasteiger partial charge in [-0.05, 0) is 48.5 Å². The quantitative estimate of drug-likeness (QED) is 0.798. The second-order valence-corrected chi connectivity index (χ2v) is 4.54. The number of hydrogen-bond acceptors (Lipinski definition) is 3. The first-order chi connectivity index (χ1) is 10.6. The smallest absolute Gasteiger partial charge is 0.277 e. The van der Waals surface area contributed by atoms with Crippen LogP contribution >= 0.6 is 0 Å². The van der Waals surface area contributed by atoms with E-state index in [1.54, 1.807) is 0 Å². The molecule has 1 aromatic heterocycles. The van der Waals surface area contributed by atoms with Gasteiger partial charge in [-0.15, -0.1) is 0 Å². The fourth-order valence-electron chi connectivity index (χ4n) is 1.86. The number of carbonyl (C=O) groups excluding carboxylic acids is 1. The van der Waals surface area contributed by atoms with E-state index in [-0.39, 0.29) is 11.5 Å². The van der Waals surface area contributed by atoms with Crippen LogP contribution in [0.2, 0.25) is 0 Å². The van der Waals surface area contributed by atoms with Crippen LogP contribution in [0.4, 0.5) is 14.5 Å². The third-order valence-corrected chi connectivity index (χ3v) is 2.97. The molecule has 0 fully saturated rings. The predicted octanol–water partition coefficient (Wildman–Crippen LogP) is 3.87. The highest BCUT2D eigenvalue weighted by Gasteiger charge is 2.14. The molecule has 0 saturated heterocycles. The zero-order chi connectivity index (χ0) is 15.5. The van der Waals surface area contributed by atoms with Gasteiger partial charge in [0.15, 0.2) is 11.5 Å². The normalized spacial score (nSPS) is 10.5. The Morgan fingerprint density at radius 1 is 0.955 bits per heavy atom. The number of hydrogen-bond donors (Lipinski definition) is 1. The van der Waals surface area contributed by atoms with Crippen LogP contribution in [0.3, 0.4) is 0 Å². The van der Waals surface area contributed by atoms with Gasteiger partial charge in [-0.1, -0.05) is 5.16 Å². The Hall–Kier alpha value is -3.02. The summed E-state index contributed by atoms with van der Waals surface area (Å²) in [7, 11) is 0. The maximum Gasteiger partial charge on any atom is 0.277 e. The van der Waals surface area contributed by atoms with E-state index in [9.17, 15) is 13.6 Å². The molecule has 0 spiro atoms. The number of rotatable bonds is 3. The monoisotopic (exact) mass is 300 g/mol. The van der Waals surface area contributed by atoms with E-state index in [0.29, 0.717) is 17.0 Å². The van der Waals surface area contributed by atoms with Crippen molar-refractivity contribution in [2.45, 2.75) is 0 Å². The van der Waals surface area contributed by atoms with Crippen LogP contribution in [-0.4, -0.2) is 11.1 Å². The molecule has 0 aliphatic carbocycles. The van der Waals surface area contributed by atoms with E-state index >= 15 is 0 Å². The summed E-state index contributed by atoms with van der Waals surface area (Å²) >= 11 is 0. The minimum Gasteiger partial charge on any atom is -0.355 e. The fourth-order valence-corrected chi connectivity index (χ4v) is 1.86. The summed E-state index contributed by atoms with van der Waals surface area (Å²) in [5, 5.41) is 6.25. The Kier molecular flexibility index (Phi) is 3.65. The zero-order valence-electron chi connectivity index (χ0n) is 11.2. The van der Waals surface area contributed by atoms with Crippen molar-refractivity contribution in [3.05, 3.63) is 71.9 Å². The average Bonchev–Trinajstić information content (AvgIpc) is 3.00. The van der Waals surface area contributed by atoms with Gasteiger partial charge in [0.2, 0.25) is 0 Å². The van der Waals surface area contributed by atoms with Gasteiger partial charge < -0.3 is 9.84 Å². The molecule has 0 atom stereocenters. The van der Waals surface area contributed by atoms with E-state index in [2.05, 4.69) is 10.5 Å². The number of benzene rings is 2. The Labute approximate surface area is 124 Å². The lowest BCUT2D eigenvalue weighted by Crippen LogP contribution is -2.12. The van der Waals surface area contributed by atoms with E-state index in [0.717, 1.165) is 0 Å². The highest BCUT2D eigenvalue weighted by molar-refractivity contribution is 6.03. The van der Waals surface area contributed by atoms with Gasteiger partial charge in [-0.3, -0.25) is 4.79 Å². The molecule has 2 aromatic carbocycles. The highest BCUT2D eigenvalue weighted by atomic mass is 19.1.